The standard InChI is InChI=1S/C14H18ClN3S/c1-17-8-3-2-5-10(17)9-18-13-11(15)6-4-7-12(13)16-14(18)19/h4,6-7,10H,2-3,5,8-9H2,1H3,(H,16,19). The van der Waals surface area contributed by atoms with Gasteiger partial charge in [-0.15, -0.1) is 0 Å². The molecule has 1 unspecified atom stereocenters. The number of hydrogen-bond acceptors (Lipinski definition) is 2. The molecule has 102 valence electrons. The van der Waals surface area contributed by atoms with E-state index in [9.17, 15) is 0 Å². The molecule has 1 aliphatic rings. The van der Waals surface area contributed by atoms with Gasteiger partial charge in [-0.05, 0) is 50.8 Å². The third-order valence-electron chi connectivity index (χ3n) is 4.06. The van der Waals surface area contributed by atoms with Crippen molar-refractivity contribution in [3.05, 3.63) is 28.0 Å². The van der Waals surface area contributed by atoms with Crippen molar-refractivity contribution in [1.29, 1.82) is 0 Å². The fraction of sp³-hybridized carbons (Fsp3) is 0.500. The molecule has 0 spiro atoms. The molecule has 1 saturated heterocycles. The summed E-state index contributed by atoms with van der Waals surface area (Å²) in [4.78, 5) is 5.68. The summed E-state index contributed by atoms with van der Waals surface area (Å²) in [6.45, 7) is 2.09. The van der Waals surface area contributed by atoms with Crippen LogP contribution in [0.3, 0.4) is 0 Å². The Morgan fingerprint density at radius 3 is 3.05 bits per heavy atom. The van der Waals surface area contributed by atoms with Crippen LogP contribution in [-0.4, -0.2) is 34.1 Å². The summed E-state index contributed by atoms with van der Waals surface area (Å²) < 4.78 is 2.92. The number of likely N-dealkylation sites (tertiary alicyclic amines) is 1. The van der Waals surface area contributed by atoms with Gasteiger partial charge in [0, 0.05) is 12.6 Å². The number of nitrogens with zero attached hydrogens (tertiary/aromatic N) is 2. The molecule has 2 aromatic rings. The molecule has 2 heterocycles. The van der Waals surface area contributed by atoms with E-state index >= 15 is 0 Å². The summed E-state index contributed by atoms with van der Waals surface area (Å²) >= 11 is 11.8. The summed E-state index contributed by atoms with van der Waals surface area (Å²) in [5, 5.41) is 0.767. The molecule has 0 aliphatic carbocycles. The average molecular weight is 296 g/mol. The lowest BCUT2D eigenvalue weighted by atomic mass is 10.0. The summed E-state index contributed by atoms with van der Waals surface area (Å²) in [6, 6.07) is 6.45. The van der Waals surface area contributed by atoms with Crippen molar-refractivity contribution in [2.45, 2.75) is 31.8 Å². The number of aromatic amines is 1. The summed E-state index contributed by atoms with van der Waals surface area (Å²) in [7, 11) is 2.20. The predicted octanol–water partition coefficient (Wildman–Crippen LogP) is 3.84. The van der Waals surface area contributed by atoms with E-state index in [0.29, 0.717) is 6.04 Å². The summed E-state index contributed by atoms with van der Waals surface area (Å²) in [6.07, 6.45) is 3.83. The first-order valence-corrected chi connectivity index (χ1v) is 7.52. The van der Waals surface area contributed by atoms with Gasteiger partial charge < -0.3 is 14.5 Å². The van der Waals surface area contributed by atoms with Crippen LogP contribution in [0, 0.1) is 4.77 Å². The van der Waals surface area contributed by atoms with Crippen molar-refractivity contribution in [3.63, 3.8) is 0 Å². The number of aromatic nitrogens is 2. The van der Waals surface area contributed by atoms with Crippen LogP contribution in [0.1, 0.15) is 19.3 Å². The second-order valence-corrected chi connectivity index (χ2v) is 6.10. The molecule has 1 atom stereocenters. The number of H-pyrrole nitrogens is 1. The van der Waals surface area contributed by atoms with Crippen molar-refractivity contribution in [1.82, 2.24) is 14.5 Å². The van der Waals surface area contributed by atoms with Gasteiger partial charge >= 0.3 is 0 Å². The number of hydrogen-bond donors (Lipinski definition) is 1. The second-order valence-electron chi connectivity index (χ2n) is 5.31. The van der Waals surface area contributed by atoms with Crippen LogP contribution in [0.5, 0.6) is 0 Å². The van der Waals surface area contributed by atoms with Gasteiger partial charge in [-0.2, -0.15) is 0 Å². The van der Waals surface area contributed by atoms with E-state index in [-0.39, 0.29) is 0 Å². The Bertz CT molecular complexity index is 646. The molecule has 3 nitrogen and oxygen atoms in total. The Hall–Kier alpha value is -0.840. The molecule has 0 radical (unpaired) electrons. The molecule has 1 N–H and O–H groups in total. The van der Waals surface area contributed by atoms with E-state index in [4.69, 9.17) is 23.8 Å². The molecule has 1 aromatic carbocycles. The van der Waals surface area contributed by atoms with Crippen LogP contribution >= 0.6 is 23.8 Å². The zero-order valence-electron chi connectivity index (χ0n) is 11.0. The number of nitrogens with one attached hydrogen (secondary N) is 1. The maximum atomic E-state index is 6.33. The van der Waals surface area contributed by atoms with Crippen molar-refractivity contribution < 1.29 is 0 Å². The quantitative estimate of drug-likeness (QED) is 0.851. The maximum absolute atomic E-state index is 6.33. The van der Waals surface area contributed by atoms with E-state index in [1.165, 1.54) is 25.8 Å². The van der Waals surface area contributed by atoms with E-state index < -0.39 is 0 Å². The second kappa shape index (κ2) is 5.27. The number of rotatable bonds is 2. The average Bonchev–Trinajstić information content (AvgIpc) is 2.70. The van der Waals surface area contributed by atoms with Crippen LogP contribution in [0.2, 0.25) is 5.02 Å². The first kappa shape index (κ1) is 13.2. The Labute approximate surface area is 123 Å². The van der Waals surface area contributed by atoms with E-state index in [2.05, 4.69) is 21.5 Å². The first-order valence-electron chi connectivity index (χ1n) is 6.74. The number of imidazole rings is 1. The van der Waals surface area contributed by atoms with Crippen LogP contribution in [0.25, 0.3) is 11.0 Å². The Morgan fingerprint density at radius 1 is 1.42 bits per heavy atom. The van der Waals surface area contributed by atoms with Gasteiger partial charge in [0.2, 0.25) is 0 Å². The van der Waals surface area contributed by atoms with E-state index in [1.807, 2.05) is 18.2 Å². The van der Waals surface area contributed by atoms with Crippen LogP contribution < -0.4 is 0 Å². The molecule has 19 heavy (non-hydrogen) atoms. The number of benzene rings is 1. The molecule has 1 aliphatic heterocycles. The Morgan fingerprint density at radius 2 is 2.26 bits per heavy atom. The van der Waals surface area contributed by atoms with Gasteiger partial charge in [0.25, 0.3) is 0 Å². The molecule has 5 heteroatoms. The highest BCUT2D eigenvalue weighted by atomic mass is 35.5. The molecular formula is C14H18ClN3S. The Balaban J connectivity index is 2.00. The molecule has 0 amide bonds. The monoisotopic (exact) mass is 295 g/mol. The number of halogens is 1. The lowest BCUT2D eigenvalue weighted by Gasteiger charge is -2.32. The van der Waals surface area contributed by atoms with E-state index in [0.717, 1.165) is 27.4 Å². The summed E-state index contributed by atoms with van der Waals surface area (Å²) in [5.41, 5.74) is 2.06. The highest BCUT2D eigenvalue weighted by molar-refractivity contribution is 7.71. The zero-order chi connectivity index (χ0) is 13.4. The topological polar surface area (TPSA) is 24.0 Å². The smallest absolute Gasteiger partial charge is 0.178 e. The number of piperidine rings is 1. The zero-order valence-corrected chi connectivity index (χ0v) is 12.6. The maximum Gasteiger partial charge on any atom is 0.178 e. The largest absolute Gasteiger partial charge is 0.331 e. The van der Waals surface area contributed by atoms with Gasteiger partial charge in [0.05, 0.1) is 16.1 Å². The van der Waals surface area contributed by atoms with Crippen molar-refractivity contribution in [3.8, 4) is 0 Å². The minimum atomic E-state index is 0.552. The third-order valence-corrected chi connectivity index (χ3v) is 4.69. The third kappa shape index (κ3) is 2.45. The fourth-order valence-electron chi connectivity index (χ4n) is 2.93. The molecule has 0 bridgehead atoms. The Kier molecular flexibility index (Phi) is 3.65. The van der Waals surface area contributed by atoms with Crippen LogP contribution in [0.4, 0.5) is 0 Å². The van der Waals surface area contributed by atoms with Gasteiger partial charge in [0.1, 0.15) is 0 Å². The molecule has 1 fully saturated rings. The SMILES string of the molecule is CN1CCCCC1Cn1c(=S)[nH]c2cccc(Cl)c21. The van der Waals surface area contributed by atoms with Gasteiger partial charge in [0.15, 0.2) is 4.77 Å². The molecule has 1 aromatic heterocycles. The normalized spacial score (nSPS) is 21.1. The lowest BCUT2D eigenvalue weighted by molar-refractivity contribution is 0.168. The van der Waals surface area contributed by atoms with E-state index in [1.54, 1.807) is 0 Å². The highest BCUT2D eigenvalue weighted by Crippen LogP contribution is 2.25. The molecule has 3 rings (SSSR count). The molecular weight excluding hydrogens is 278 g/mol. The minimum absolute atomic E-state index is 0.552. The lowest BCUT2D eigenvalue weighted by Crippen LogP contribution is -2.39. The predicted molar refractivity (Wildman–Crippen MR) is 82.4 cm³/mol. The van der Waals surface area contributed by atoms with Crippen molar-refractivity contribution in [2.24, 2.45) is 0 Å². The van der Waals surface area contributed by atoms with Gasteiger partial charge in [-0.25, -0.2) is 0 Å². The van der Waals surface area contributed by atoms with Crippen LogP contribution in [-0.2, 0) is 6.54 Å². The van der Waals surface area contributed by atoms with Crippen LogP contribution in [0.15, 0.2) is 18.2 Å². The van der Waals surface area contributed by atoms with Gasteiger partial charge in [-0.1, -0.05) is 24.1 Å². The van der Waals surface area contributed by atoms with Gasteiger partial charge in [-0.3, -0.25) is 0 Å². The summed E-state index contributed by atoms with van der Waals surface area (Å²) in [5.74, 6) is 0. The molecule has 0 saturated carbocycles. The van der Waals surface area contributed by atoms with Crippen molar-refractivity contribution >= 4 is 34.9 Å². The number of para-hydroxylation sites is 1. The highest BCUT2D eigenvalue weighted by Gasteiger charge is 2.20. The number of fused-ring (bicyclic) bond motifs is 1. The minimum Gasteiger partial charge on any atom is -0.331 e. The first-order chi connectivity index (χ1) is 9.16. The fourth-order valence-corrected chi connectivity index (χ4v) is 3.49. The number of likely N-dealkylation sites (N-methyl/N-ethyl adjacent to an activating group) is 1. The van der Waals surface area contributed by atoms with Crippen molar-refractivity contribution in [2.75, 3.05) is 13.6 Å².